The molecule has 1 heterocycles. The van der Waals surface area contributed by atoms with Crippen molar-refractivity contribution in [3.63, 3.8) is 0 Å². The SMILES string of the molecule is NCc1nnc(Cc2cccc(O)c2)s1. The number of hydrogen-bond acceptors (Lipinski definition) is 5. The minimum Gasteiger partial charge on any atom is -0.508 e. The van der Waals surface area contributed by atoms with Gasteiger partial charge in [0.1, 0.15) is 15.8 Å². The monoisotopic (exact) mass is 221 g/mol. The van der Waals surface area contributed by atoms with Gasteiger partial charge in [-0.3, -0.25) is 0 Å². The summed E-state index contributed by atoms with van der Waals surface area (Å²) in [4.78, 5) is 0. The number of aromatic nitrogens is 2. The predicted molar refractivity (Wildman–Crippen MR) is 58.7 cm³/mol. The van der Waals surface area contributed by atoms with Crippen LogP contribution in [0.2, 0.25) is 0 Å². The van der Waals surface area contributed by atoms with Gasteiger partial charge in [0, 0.05) is 13.0 Å². The number of phenols is 1. The first-order chi connectivity index (χ1) is 7.28. The number of nitrogens with two attached hydrogens (primary N) is 1. The molecule has 2 aromatic rings. The van der Waals surface area contributed by atoms with Gasteiger partial charge >= 0.3 is 0 Å². The van der Waals surface area contributed by atoms with Crippen molar-refractivity contribution in [2.75, 3.05) is 0 Å². The van der Waals surface area contributed by atoms with Crippen LogP contribution in [-0.4, -0.2) is 15.3 Å². The molecular weight excluding hydrogens is 210 g/mol. The fourth-order valence-electron chi connectivity index (χ4n) is 1.28. The zero-order chi connectivity index (χ0) is 10.7. The maximum Gasteiger partial charge on any atom is 0.131 e. The van der Waals surface area contributed by atoms with Crippen molar-refractivity contribution < 1.29 is 5.11 Å². The van der Waals surface area contributed by atoms with Gasteiger partial charge in [-0.25, -0.2) is 0 Å². The fourth-order valence-corrected chi connectivity index (χ4v) is 2.04. The molecule has 0 bridgehead atoms. The first-order valence-electron chi connectivity index (χ1n) is 4.57. The third-order valence-electron chi connectivity index (χ3n) is 1.95. The Kier molecular flexibility index (Phi) is 2.94. The van der Waals surface area contributed by atoms with Crippen molar-refractivity contribution in [3.8, 4) is 5.75 Å². The molecule has 0 saturated heterocycles. The van der Waals surface area contributed by atoms with Crippen molar-refractivity contribution in [1.29, 1.82) is 0 Å². The first kappa shape index (κ1) is 10.1. The van der Waals surface area contributed by atoms with E-state index < -0.39 is 0 Å². The molecule has 0 amide bonds. The summed E-state index contributed by atoms with van der Waals surface area (Å²) in [5, 5.41) is 19.0. The number of phenolic OH excluding ortho intramolecular Hbond substituents is 1. The second-order valence-electron chi connectivity index (χ2n) is 3.14. The molecule has 0 fully saturated rings. The van der Waals surface area contributed by atoms with Crippen molar-refractivity contribution in [2.24, 2.45) is 5.73 Å². The molecule has 1 aromatic carbocycles. The Morgan fingerprint density at radius 3 is 2.73 bits per heavy atom. The maximum atomic E-state index is 9.29. The molecule has 0 aliphatic heterocycles. The van der Waals surface area contributed by atoms with Crippen LogP contribution in [0.25, 0.3) is 0 Å². The third-order valence-corrected chi connectivity index (χ3v) is 2.89. The highest BCUT2D eigenvalue weighted by molar-refractivity contribution is 7.11. The van der Waals surface area contributed by atoms with E-state index in [4.69, 9.17) is 5.73 Å². The topological polar surface area (TPSA) is 72.0 Å². The first-order valence-corrected chi connectivity index (χ1v) is 5.39. The van der Waals surface area contributed by atoms with Crippen LogP contribution in [0.4, 0.5) is 0 Å². The second-order valence-corrected chi connectivity index (χ2v) is 4.29. The Morgan fingerprint density at radius 1 is 1.27 bits per heavy atom. The van der Waals surface area contributed by atoms with Crippen LogP contribution in [0.5, 0.6) is 5.75 Å². The average Bonchev–Trinajstić information content (AvgIpc) is 2.65. The maximum absolute atomic E-state index is 9.29. The largest absolute Gasteiger partial charge is 0.508 e. The average molecular weight is 221 g/mol. The molecule has 2 rings (SSSR count). The molecule has 1 aromatic heterocycles. The van der Waals surface area contributed by atoms with Gasteiger partial charge < -0.3 is 10.8 Å². The summed E-state index contributed by atoms with van der Waals surface area (Å²) < 4.78 is 0. The molecule has 0 aliphatic carbocycles. The van der Waals surface area contributed by atoms with Crippen LogP contribution in [0.3, 0.4) is 0 Å². The van der Waals surface area contributed by atoms with Crippen LogP contribution < -0.4 is 5.73 Å². The third kappa shape index (κ3) is 2.51. The van der Waals surface area contributed by atoms with E-state index in [9.17, 15) is 5.11 Å². The van der Waals surface area contributed by atoms with Gasteiger partial charge in [0.25, 0.3) is 0 Å². The van der Waals surface area contributed by atoms with Gasteiger partial charge in [0.2, 0.25) is 0 Å². The van der Waals surface area contributed by atoms with E-state index in [1.165, 1.54) is 11.3 Å². The van der Waals surface area contributed by atoms with Crippen LogP contribution >= 0.6 is 11.3 Å². The van der Waals surface area contributed by atoms with Crippen LogP contribution in [-0.2, 0) is 13.0 Å². The zero-order valence-electron chi connectivity index (χ0n) is 8.05. The molecule has 3 N–H and O–H groups in total. The Balaban J connectivity index is 2.14. The molecule has 15 heavy (non-hydrogen) atoms. The summed E-state index contributed by atoms with van der Waals surface area (Å²) in [5.41, 5.74) is 6.47. The van der Waals surface area contributed by atoms with Gasteiger partial charge in [-0.1, -0.05) is 23.5 Å². The van der Waals surface area contributed by atoms with Crippen molar-refractivity contribution >= 4 is 11.3 Å². The van der Waals surface area contributed by atoms with Crippen LogP contribution in [0, 0.1) is 0 Å². The van der Waals surface area contributed by atoms with E-state index in [0.29, 0.717) is 13.0 Å². The van der Waals surface area contributed by atoms with E-state index >= 15 is 0 Å². The van der Waals surface area contributed by atoms with E-state index in [1.54, 1.807) is 12.1 Å². The second kappa shape index (κ2) is 4.37. The van der Waals surface area contributed by atoms with Gasteiger partial charge in [-0.15, -0.1) is 10.2 Å². The molecule has 0 radical (unpaired) electrons. The van der Waals surface area contributed by atoms with Gasteiger partial charge in [-0.2, -0.15) is 0 Å². The van der Waals surface area contributed by atoms with Crippen molar-refractivity contribution in [1.82, 2.24) is 10.2 Å². The highest BCUT2D eigenvalue weighted by Crippen LogP contribution is 2.17. The summed E-state index contributed by atoms with van der Waals surface area (Å²) >= 11 is 1.50. The highest BCUT2D eigenvalue weighted by Gasteiger charge is 2.04. The van der Waals surface area contributed by atoms with E-state index in [-0.39, 0.29) is 5.75 Å². The quantitative estimate of drug-likeness (QED) is 0.819. The lowest BCUT2D eigenvalue weighted by molar-refractivity contribution is 0.474. The molecule has 5 heteroatoms. The lowest BCUT2D eigenvalue weighted by Gasteiger charge is -1.97. The summed E-state index contributed by atoms with van der Waals surface area (Å²) in [6, 6.07) is 7.14. The smallest absolute Gasteiger partial charge is 0.131 e. The Morgan fingerprint density at radius 2 is 2.07 bits per heavy atom. The van der Waals surface area contributed by atoms with E-state index in [0.717, 1.165) is 15.6 Å². The number of benzene rings is 1. The number of aromatic hydroxyl groups is 1. The molecule has 0 spiro atoms. The molecular formula is C10H11N3OS. The molecule has 0 saturated carbocycles. The number of nitrogens with zero attached hydrogens (tertiary/aromatic N) is 2. The van der Waals surface area contributed by atoms with Gasteiger partial charge in [0.05, 0.1) is 0 Å². The molecule has 78 valence electrons. The normalized spacial score (nSPS) is 10.5. The summed E-state index contributed by atoms with van der Waals surface area (Å²) in [6.45, 7) is 0.428. The molecule has 0 aliphatic rings. The number of rotatable bonds is 3. The summed E-state index contributed by atoms with van der Waals surface area (Å²) in [7, 11) is 0. The predicted octanol–water partition coefficient (Wildman–Crippen LogP) is 1.29. The Labute approximate surface area is 91.4 Å². The number of hydrogen-bond donors (Lipinski definition) is 2. The highest BCUT2D eigenvalue weighted by atomic mass is 32.1. The fraction of sp³-hybridized carbons (Fsp3) is 0.200. The van der Waals surface area contributed by atoms with E-state index in [1.807, 2.05) is 12.1 Å². The Bertz CT molecular complexity index is 455. The minimum atomic E-state index is 0.274. The van der Waals surface area contributed by atoms with Crippen LogP contribution in [0.15, 0.2) is 24.3 Å². The lowest BCUT2D eigenvalue weighted by Crippen LogP contribution is -1.94. The molecule has 0 atom stereocenters. The summed E-state index contributed by atoms with van der Waals surface area (Å²) in [6.07, 6.45) is 0.687. The van der Waals surface area contributed by atoms with Crippen LogP contribution in [0.1, 0.15) is 15.6 Å². The Hall–Kier alpha value is -1.46. The minimum absolute atomic E-state index is 0.274. The van der Waals surface area contributed by atoms with Crippen molar-refractivity contribution in [3.05, 3.63) is 39.8 Å². The van der Waals surface area contributed by atoms with Crippen molar-refractivity contribution in [2.45, 2.75) is 13.0 Å². The zero-order valence-corrected chi connectivity index (χ0v) is 8.87. The summed E-state index contributed by atoms with van der Waals surface area (Å²) in [5.74, 6) is 0.274. The molecule has 4 nitrogen and oxygen atoms in total. The van der Waals surface area contributed by atoms with Gasteiger partial charge in [0.15, 0.2) is 0 Å². The standard InChI is InChI=1S/C10H11N3OS/c11-6-10-13-12-9(15-10)5-7-2-1-3-8(14)4-7/h1-4,14H,5-6,11H2. The van der Waals surface area contributed by atoms with E-state index in [2.05, 4.69) is 10.2 Å². The van der Waals surface area contributed by atoms with Gasteiger partial charge in [-0.05, 0) is 17.7 Å². The molecule has 0 unspecified atom stereocenters. The lowest BCUT2D eigenvalue weighted by atomic mass is 10.1.